The summed E-state index contributed by atoms with van der Waals surface area (Å²) in [5, 5.41) is 17.4. The molecule has 2 aliphatic heterocycles. The Morgan fingerprint density at radius 2 is 1.32 bits per heavy atom. The molecule has 23 heteroatoms. The van der Waals surface area contributed by atoms with E-state index in [0.717, 1.165) is 87.8 Å². The Balaban J connectivity index is 0.000000228. The van der Waals surface area contributed by atoms with Crippen LogP contribution in [0.1, 0.15) is 71.1 Å². The fourth-order valence-electron chi connectivity index (χ4n) is 8.19. The number of isothiocyanates is 1. The number of alkyl halides is 3. The third-order valence-corrected chi connectivity index (χ3v) is 14.2. The van der Waals surface area contributed by atoms with Crippen molar-refractivity contribution in [1.82, 2.24) is 30.1 Å². The Hall–Kier alpha value is -7.42. The van der Waals surface area contributed by atoms with E-state index in [9.17, 15) is 22.8 Å². The second kappa shape index (κ2) is 27.4. The Bertz CT molecular complexity index is 3380. The molecule has 7 aromatic heterocycles. The fraction of sp³-hybridized carbons (Fsp3) is 0.286. The van der Waals surface area contributed by atoms with Gasteiger partial charge in [-0.05, 0) is 71.5 Å². The minimum atomic E-state index is -4.52. The molecule has 0 atom stereocenters. The number of hydrogen-bond donors (Lipinski definition) is 0. The van der Waals surface area contributed by atoms with E-state index in [4.69, 9.17) is 38.8 Å². The molecule has 410 valence electrons. The van der Waals surface area contributed by atoms with Gasteiger partial charge >= 0.3 is 25.7 Å². The van der Waals surface area contributed by atoms with Crippen LogP contribution in [-0.2, 0) is 40.7 Å². The summed E-state index contributed by atoms with van der Waals surface area (Å²) in [7, 11) is 0. The SMILES string of the molecule is CCCCCN(c1ccc(C(C)(C)C)cc1)c1ccnc(-c2cc(C(F)(F)F)n[n-]2)c1.O=COc1ccnc(-c2cc(OC=O)cc(-c3cc(-c4sc(-c5scc6c5OCCCO6)c5c4OCCCO5)ccn3)n2)c1.[N-]=C=S.[Ru+2]. The van der Waals surface area contributed by atoms with Crippen molar-refractivity contribution >= 4 is 64.4 Å². The van der Waals surface area contributed by atoms with Crippen molar-refractivity contribution in [1.29, 1.82) is 0 Å². The van der Waals surface area contributed by atoms with Crippen LogP contribution in [0.3, 0.4) is 0 Å². The third-order valence-electron chi connectivity index (χ3n) is 11.9. The van der Waals surface area contributed by atoms with Crippen molar-refractivity contribution in [2.45, 2.75) is 71.4 Å². The van der Waals surface area contributed by atoms with Crippen molar-refractivity contribution in [3.8, 4) is 88.9 Å². The maximum absolute atomic E-state index is 12.9. The van der Waals surface area contributed by atoms with Crippen molar-refractivity contribution in [3.05, 3.63) is 120 Å². The molecule has 0 unspecified atom stereocenters. The Kier molecular flexibility index (Phi) is 20.6. The fourth-order valence-corrected chi connectivity index (χ4v) is 10.4. The number of carbonyl (C=O) groups is 2. The normalized spacial score (nSPS) is 12.6. The monoisotopic (exact) mass is 1220 g/mol. The van der Waals surface area contributed by atoms with Gasteiger partial charge in [0.1, 0.15) is 17.2 Å². The molecular formula is C56H51F3N8O8RuS3. The van der Waals surface area contributed by atoms with Crippen LogP contribution in [0.25, 0.3) is 59.8 Å². The van der Waals surface area contributed by atoms with Gasteiger partial charge < -0.3 is 48.9 Å². The van der Waals surface area contributed by atoms with Gasteiger partial charge in [0.25, 0.3) is 12.9 Å². The number of rotatable bonds is 15. The number of benzene rings is 1. The number of hydrogen-bond acceptors (Lipinski definition) is 17. The van der Waals surface area contributed by atoms with Crippen molar-refractivity contribution in [3.63, 3.8) is 0 Å². The molecule has 0 N–H and O–H groups in total. The van der Waals surface area contributed by atoms with Gasteiger partial charge in [0.05, 0.1) is 69.5 Å². The smallest absolute Gasteiger partial charge is 0.753 e. The van der Waals surface area contributed by atoms with Gasteiger partial charge in [-0.2, -0.15) is 18.3 Å². The number of anilines is 2. The van der Waals surface area contributed by atoms with Gasteiger partial charge in [-0.25, -0.2) is 4.98 Å². The first-order valence-corrected chi connectivity index (χ1v) is 26.7. The Labute approximate surface area is 480 Å². The number of halogens is 3. The predicted molar refractivity (Wildman–Crippen MR) is 295 cm³/mol. The van der Waals surface area contributed by atoms with Gasteiger partial charge in [0, 0.05) is 72.9 Å². The second-order valence-electron chi connectivity index (χ2n) is 18.3. The number of nitrogens with zero attached hydrogens (tertiary/aromatic N) is 8. The first kappa shape index (κ1) is 59.2. The van der Waals surface area contributed by atoms with E-state index in [1.54, 1.807) is 65.4 Å². The Morgan fingerprint density at radius 3 is 1.96 bits per heavy atom. The largest absolute Gasteiger partial charge is 2.00 e. The van der Waals surface area contributed by atoms with Gasteiger partial charge in [0.2, 0.25) is 0 Å². The maximum atomic E-state index is 12.9. The molecule has 10 rings (SSSR count). The minimum Gasteiger partial charge on any atom is -0.753 e. The number of carbonyl (C=O) groups excluding carboxylic acids is 2. The summed E-state index contributed by atoms with van der Waals surface area (Å²) < 4.78 is 73.4. The number of ether oxygens (including phenoxy) is 6. The van der Waals surface area contributed by atoms with E-state index < -0.39 is 11.9 Å². The average molecular weight is 1220 g/mol. The number of fused-ring (bicyclic) bond motifs is 2. The molecule has 0 spiro atoms. The van der Waals surface area contributed by atoms with E-state index in [-0.39, 0.29) is 36.3 Å². The molecule has 0 bridgehead atoms. The third kappa shape index (κ3) is 14.8. The number of aromatic nitrogens is 6. The average Bonchev–Trinajstić information content (AvgIpc) is 4.30. The zero-order valence-electron chi connectivity index (χ0n) is 43.1. The predicted octanol–water partition coefficient (Wildman–Crippen LogP) is 13.5. The van der Waals surface area contributed by atoms with Gasteiger partial charge in [-0.1, -0.05) is 70.6 Å². The van der Waals surface area contributed by atoms with E-state index >= 15 is 0 Å². The summed E-state index contributed by atoms with van der Waals surface area (Å²) in [6.07, 6.45) is 5.02. The summed E-state index contributed by atoms with van der Waals surface area (Å²) in [6, 6.07) is 23.1. The van der Waals surface area contributed by atoms with Crippen LogP contribution in [0.4, 0.5) is 24.5 Å². The molecule has 0 radical (unpaired) electrons. The first-order chi connectivity index (χ1) is 37.7. The molecule has 0 fully saturated rings. The number of thiophene rings is 2. The number of pyridine rings is 4. The summed E-state index contributed by atoms with van der Waals surface area (Å²) in [4.78, 5) is 44.9. The quantitative estimate of drug-likeness (QED) is 0.0309. The van der Waals surface area contributed by atoms with Gasteiger partial charge in [-0.3, -0.25) is 24.5 Å². The van der Waals surface area contributed by atoms with Crippen LogP contribution in [0.5, 0.6) is 34.5 Å². The summed E-state index contributed by atoms with van der Waals surface area (Å²) in [5.41, 5.74) is 5.30. The van der Waals surface area contributed by atoms with Gasteiger partial charge in [0.15, 0.2) is 23.0 Å². The topological polar surface area (TPSA) is 194 Å². The van der Waals surface area contributed by atoms with Crippen LogP contribution in [0.2, 0.25) is 0 Å². The second-order valence-corrected chi connectivity index (χ2v) is 20.4. The zero-order valence-corrected chi connectivity index (χ0v) is 47.3. The molecule has 2 aliphatic rings. The van der Waals surface area contributed by atoms with E-state index in [1.807, 2.05) is 23.6 Å². The van der Waals surface area contributed by atoms with Gasteiger partial charge in [-0.15, -0.1) is 22.7 Å². The standard InChI is InChI=1S/C31H23N3O8S2.C24H28F3N4.CNS.Ru/c35-16-41-19-4-6-33-22(12-19)24-14-20(42-17-36)13-23(34-24)21-11-18(3-5-32-21)29-27-28(40-10-2-9-39-27)31(44-29)30-26-25(15-43-30)37-7-1-8-38-26;1-5-6-7-14-31(18-10-8-17(9-11-18)23(2,3)4)19-12-13-28-20(15-19)21-16-22(30-29-21)24(25,26)27;2-1-3;/h3-6,11-17H,1-2,7-10H2;8-13,15-16H,5-7,14H2,1-4H3;;/q;2*-1;+2. The number of unbranched alkanes of at least 4 members (excludes halogenated alkanes) is 2. The van der Waals surface area contributed by atoms with E-state index in [2.05, 4.69) is 94.2 Å². The molecule has 8 aromatic rings. The van der Waals surface area contributed by atoms with Crippen molar-refractivity contribution in [2.24, 2.45) is 0 Å². The first-order valence-electron chi connectivity index (χ1n) is 24.6. The minimum absolute atomic E-state index is 0. The molecule has 16 nitrogen and oxygen atoms in total. The molecule has 1 aromatic carbocycles. The van der Waals surface area contributed by atoms with E-state index in [1.165, 1.54) is 16.9 Å². The van der Waals surface area contributed by atoms with Crippen LogP contribution in [-0.4, -0.2) is 76.1 Å². The molecule has 0 saturated heterocycles. The zero-order chi connectivity index (χ0) is 55.2. The molecule has 79 heavy (non-hydrogen) atoms. The van der Waals surface area contributed by atoms with Crippen LogP contribution < -0.4 is 38.4 Å². The van der Waals surface area contributed by atoms with Crippen LogP contribution >= 0.6 is 34.9 Å². The molecular weight excluding hydrogens is 1170 g/mol. The van der Waals surface area contributed by atoms with Crippen LogP contribution in [0, 0.1) is 0 Å². The van der Waals surface area contributed by atoms with Crippen molar-refractivity contribution < 1.29 is 70.7 Å². The molecule has 0 amide bonds. The maximum Gasteiger partial charge on any atom is 2.00 e. The molecule has 0 saturated carbocycles. The molecule has 0 aliphatic carbocycles. The Morgan fingerprint density at radius 1 is 0.722 bits per heavy atom. The van der Waals surface area contributed by atoms with E-state index in [0.29, 0.717) is 85.1 Å². The summed E-state index contributed by atoms with van der Waals surface area (Å²) in [5.74, 6) is 3.37. The summed E-state index contributed by atoms with van der Waals surface area (Å²) >= 11 is 6.80. The summed E-state index contributed by atoms with van der Waals surface area (Å²) in [6.45, 7) is 12.4. The van der Waals surface area contributed by atoms with Crippen molar-refractivity contribution in [2.75, 3.05) is 37.9 Å². The number of thiocarbonyl (C=S) groups is 1. The molecule has 9 heterocycles. The van der Waals surface area contributed by atoms with Crippen LogP contribution in [0.15, 0.2) is 103 Å².